The number of hydrogen-bond acceptors (Lipinski definition) is 2. The second-order valence-corrected chi connectivity index (χ2v) is 6.13. The molecule has 1 N–H and O–H groups in total. The van der Waals surface area contributed by atoms with Gasteiger partial charge in [-0.15, -0.1) is 0 Å². The Morgan fingerprint density at radius 3 is 2.83 bits per heavy atom. The maximum Gasteiger partial charge on any atom is 0.134 e. The summed E-state index contributed by atoms with van der Waals surface area (Å²) in [6, 6.07) is 11.1. The van der Waals surface area contributed by atoms with Crippen molar-refractivity contribution in [3.8, 4) is 0 Å². The quantitative estimate of drug-likeness (QED) is 0.850. The van der Waals surface area contributed by atoms with E-state index in [2.05, 4.69) is 54.5 Å². The molecule has 0 aliphatic heterocycles. The summed E-state index contributed by atoms with van der Waals surface area (Å²) >= 11 is 0. The highest BCUT2D eigenvalue weighted by Crippen LogP contribution is 2.38. The first-order valence-corrected chi connectivity index (χ1v) is 6.74. The Morgan fingerprint density at radius 2 is 2.06 bits per heavy atom. The van der Waals surface area contributed by atoms with Crippen LogP contribution in [0.15, 0.2) is 36.5 Å². The Morgan fingerprint density at radius 1 is 1.22 bits per heavy atom. The van der Waals surface area contributed by atoms with Gasteiger partial charge in [-0.3, -0.25) is 0 Å². The van der Waals surface area contributed by atoms with Crippen LogP contribution in [0.4, 0.5) is 5.82 Å². The first-order valence-electron chi connectivity index (χ1n) is 6.74. The highest BCUT2D eigenvalue weighted by Gasteiger charge is 2.31. The summed E-state index contributed by atoms with van der Waals surface area (Å²) in [7, 11) is 0. The molecule has 1 aliphatic carbocycles. The maximum atomic E-state index is 4.51. The Hall–Kier alpha value is -1.57. The van der Waals surface area contributed by atoms with Gasteiger partial charge in [0.2, 0.25) is 0 Å². The third-order valence-electron chi connectivity index (χ3n) is 3.98. The number of nitrogens with zero attached hydrogens (tertiary/aromatic N) is 1. The van der Waals surface area contributed by atoms with E-state index in [-0.39, 0.29) is 0 Å². The van der Waals surface area contributed by atoms with Crippen molar-refractivity contribution in [2.24, 2.45) is 5.41 Å². The molecule has 94 valence electrons. The second kappa shape index (κ2) is 4.27. The minimum atomic E-state index is 0.474. The summed E-state index contributed by atoms with van der Waals surface area (Å²) in [5.41, 5.74) is 0.474. The molecule has 2 nitrogen and oxygen atoms in total. The fourth-order valence-electron chi connectivity index (χ4n) is 2.99. The SMILES string of the molecule is CC1(C)CCC(Nc2nccc3ccccc23)C1. The number of rotatable bonds is 2. The standard InChI is InChI=1S/C16H20N2/c1-16(2)9-7-13(11-16)18-15-14-6-4-3-5-12(14)8-10-17-15/h3-6,8,10,13H,7,9,11H2,1-2H3,(H,17,18). The zero-order valence-corrected chi connectivity index (χ0v) is 11.1. The molecule has 0 spiro atoms. The first-order chi connectivity index (χ1) is 8.64. The third kappa shape index (κ3) is 2.20. The summed E-state index contributed by atoms with van der Waals surface area (Å²) in [5.74, 6) is 1.04. The van der Waals surface area contributed by atoms with Crippen molar-refractivity contribution in [1.82, 2.24) is 4.98 Å². The second-order valence-electron chi connectivity index (χ2n) is 6.13. The Balaban J connectivity index is 1.87. The number of benzene rings is 1. The lowest BCUT2D eigenvalue weighted by Crippen LogP contribution is -2.18. The van der Waals surface area contributed by atoms with Crippen molar-refractivity contribution in [3.63, 3.8) is 0 Å². The molecule has 0 amide bonds. The number of aromatic nitrogens is 1. The summed E-state index contributed by atoms with van der Waals surface area (Å²) in [6.07, 6.45) is 5.68. The van der Waals surface area contributed by atoms with Crippen LogP contribution in [0.5, 0.6) is 0 Å². The van der Waals surface area contributed by atoms with Crippen molar-refractivity contribution >= 4 is 16.6 Å². The Bertz CT molecular complexity index is 555. The molecule has 3 rings (SSSR count). The Kier molecular flexibility index (Phi) is 2.73. The van der Waals surface area contributed by atoms with Gasteiger partial charge in [0, 0.05) is 17.6 Å². The van der Waals surface area contributed by atoms with E-state index in [1.807, 2.05) is 6.20 Å². The van der Waals surface area contributed by atoms with Crippen LogP contribution in [0.1, 0.15) is 33.1 Å². The average molecular weight is 240 g/mol. The van der Waals surface area contributed by atoms with Gasteiger partial charge in [-0.05, 0) is 36.1 Å². The van der Waals surface area contributed by atoms with Gasteiger partial charge in [0.1, 0.15) is 5.82 Å². The predicted molar refractivity (Wildman–Crippen MR) is 76.8 cm³/mol. The molecule has 1 saturated carbocycles. The molecule has 2 heteroatoms. The molecule has 2 aromatic rings. The highest BCUT2D eigenvalue weighted by molar-refractivity contribution is 5.91. The van der Waals surface area contributed by atoms with E-state index in [9.17, 15) is 0 Å². The summed E-state index contributed by atoms with van der Waals surface area (Å²) in [6.45, 7) is 4.70. The minimum Gasteiger partial charge on any atom is -0.367 e. The zero-order valence-electron chi connectivity index (χ0n) is 11.1. The molecule has 18 heavy (non-hydrogen) atoms. The van der Waals surface area contributed by atoms with Crippen LogP contribution in [0.25, 0.3) is 10.8 Å². The lowest BCUT2D eigenvalue weighted by molar-refractivity contribution is 0.378. The van der Waals surface area contributed by atoms with Crippen LogP contribution in [-0.2, 0) is 0 Å². The summed E-state index contributed by atoms with van der Waals surface area (Å²) in [5, 5.41) is 6.11. The van der Waals surface area contributed by atoms with Gasteiger partial charge in [0.05, 0.1) is 0 Å². The molecule has 1 atom stereocenters. The fraction of sp³-hybridized carbons (Fsp3) is 0.438. The molecule has 1 aromatic carbocycles. The number of pyridine rings is 1. The number of fused-ring (bicyclic) bond motifs is 1. The van der Waals surface area contributed by atoms with Crippen LogP contribution in [0, 0.1) is 5.41 Å². The van der Waals surface area contributed by atoms with Crippen molar-refractivity contribution < 1.29 is 0 Å². The van der Waals surface area contributed by atoms with Crippen LogP contribution >= 0.6 is 0 Å². The summed E-state index contributed by atoms with van der Waals surface area (Å²) < 4.78 is 0. The summed E-state index contributed by atoms with van der Waals surface area (Å²) in [4.78, 5) is 4.51. The number of hydrogen-bond donors (Lipinski definition) is 1. The molecule has 1 heterocycles. The Labute approximate surface area is 108 Å². The molecule has 1 fully saturated rings. The van der Waals surface area contributed by atoms with E-state index in [0.29, 0.717) is 11.5 Å². The molecule has 0 saturated heterocycles. The topological polar surface area (TPSA) is 24.9 Å². The lowest BCUT2D eigenvalue weighted by atomic mass is 9.92. The van der Waals surface area contributed by atoms with E-state index in [1.165, 1.54) is 30.0 Å². The van der Waals surface area contributed by atoms with E-state index >= 15 is 0 Å². The van der Waals surface area contributed by atoms with Crippen LogP contribution in [-0.4, -0.2) is 11.0 Å². The molecule has 1 aliphatic rings. The van der Waals surface area contributed by atoms with Gasteiger partial charge in [0.25, 0.3) is 0 Å². The van der Waals surface area contributed by atoms with Gasteiger partial charge < -0.3 is 5.32 Å². The van der Waals surface area contributed by atoms with Gasteiger partial charge in [-0.1, -0.05) is 38.1 Å². The smallest absolute Gasteiger partial charge is 0.134 e. The average Bonchev–Trinajstić information content (AvgIpc) is 2.69. The third-order valence-corrected chi connectivity index (χ3v) is 3.98. The van der Waals surface area contributed by atoms with Gasteiger partial charge in [-0.25, -0.2) is 4.98 Å². The van der Waals surface area contributed by atoms with Crippen LogP contribution in [0.3, 0.4) is 0 Å². The van der Waals surface area contributed by atoms with E-state index < -0.39 is 0 Å². The molecular formula is C16H20N2. The predicted octanol–water partition coefficient (Wildman–Crippen LogP) is 4.23. The molecule has 1 aromatic heterocycles. The fourth-order valence-corrected chi connectivity index (χ4v) is 2.99. The highest BCUT2D eigenvalue weighted by atomic mass is 15.0. The van der Waals surface area contributed by atoms with E-state index in [4.69, 9.17) is 0 Å². The molecule has 1 unspecified atom stereocenters. The molecular weight excluding hydrogens is 220 g/mol. The van der Waals surface area contributed by atoms with Crippen molar-refractivity contribution in [1.29, 1.82) is 0 Å². The van der Waals surface area contributed by atoms with Crippen molar-refractivity contribution in [3.05, 3.63) is 36.5 Å². The van der Waals surface area contributed by atoms with Crippen molar-refractivity contribution in [2.45, 2.75) is 39.2 Å². The zero-order chi connectivity index (χ0) is 12.6. The first kappa shape index (κ1) is 11.5. The minimum absolute atomic E-state index is 0.474. The molecule has 0 radical (unpaired) electrons. The number of nitrogens with one attached hydrogen (secondary N) is 1. The largest absolute Gasteiger partial charge is 0.367 e. The van der Waals surface area contributed by atoms with Gasteiger partial charge in [-0.2, -0.15) is 0 Å². The van der Waals surface area contributed by atoms with E-state index in [1.54, 1.807) is 0 Å². The van der Waals surface area contributed by atoms with Crippen molar-refractivity contribution in [2.75, 3.05) is 5.32 Å². The maximum absolute atomic E-state index is 4.51. The monoisotopic (exact) mass is 240 g/mol. The van der Waals surface area contributed by atoms with Crippen LogP contribution in [0.2, 0.25) is 0 Å². The lowest BCUT2D eigenvalue weighted by Gasteiger charge is -2.18. The molecule has 0 bridgehead atoms. The van der Waals surface area contributed by atoms with E-state index in [0.717, 1.165) is 5.82 Å². The van der Waals surface area contributed by atoms with Gasteiger partial charge >= 0.3 is 0 Å². The van der Waals surface area contributed by atoms with Crippen LogP contribution < -0.4 is 5.32 Å². The normalized spacial score (nSPS) is 22.2. The number of anilines is 1. The van der Waals surface area contributed by atoms with Gasteiger partial charge in [0.15, 0.2) is 0 Å².